The fraction of sp³-hybridized carbons (Fsp3) is 0.250. The van der Waals surface area contributed by atoms with Gasteiger partial charge in [-0.15, -0.1) is 0 Å². The van der Waals surface area contributed by atoms with E-state index in [-0.39, 0.29) is 0 Å². The van der Waals surface area contributed by atoms with Gasteiger partial charge in [-0.3, -0.25) is 0 Å². The first-order valence-corrected chi connectivity index (χ1v) is 9.53. The molecule has 1 aliphatic carbocycles. The number of carboxylic acids is 2. The second-order valence-corrected chi connectivity index (χ2v) is 7.10. The monoisotopic (exact) mass is 393 g/mol. The predicted molar refractivity (Wildman–Crippen MR) is 116 cm³/mol. The summed E-state index contributed by atoms with van der Waals surface area (Å²) in [5.41, 5.74) is 5.67. The zero-order valence-electron chi connectivity index (χ0n) is 16.8. The second kappa shape index (κ2) is 11.0. The summed E-state index contributed by atoms with van der Waals surface area (Å²) in [5.74, 6) is -2.01. The molecule has 0 bridgehead atoms. The number of carboxylic acid groups (broad SMARTS) is 2. The Kier molecular flexibility index (Phi) is 8.37. The van der Waals surface area contributed by atoms with Crippen LogP contribution >= 0.6 is 0 Å². The van der Waals surface area contributed by atoms with Crippen molar-refractivity contribution < 1.29 is 19.8 Å². The molecule has 152 valence electrons. The summed E-state index contributed by atoms with van der Waals surface area (Å²) < 4.78 is 0. The molecule has 1 aliphatic rings. The Morgan fingerprint density at radius 1 is 0.862 bits per heavy atom. The van der Waals surface area contributed by atoms with Crippen LogP contribution in [0.15, 0.2) is 60.7 Å². The molecule has 0 radical (unpaired) electrons. The minimum atomic E-state index is -1.26. The van der Waals surface area contributed by atoms with Crippen molar-refractivity contribution >= 4 is 24.1 Å². The molecular formula is C24H27NO4. The van der Waals surface area contributed by atoms with Crippen LogP contribution in [0.25, 0.3) is 12.2 Å². The summed E-state index contributed by atoms with van der Waals surface area (Å²) in [6.45, 7) is 1.15. The van der Waals surface area contributed by atoms with Crippen molar-refractivity contribution in [3.05, 3.63) is 82.9 Å². The number of nitrogens with zero attached hydrogens (tertiary/aromatic N) is 1. The minimum Gasteiger partial charge on any atom is -0.478 e. The highest BCUT2D eigenvalue weighted by atomic mass is 16.4. The molecule has 2 N–H and O–H groups in total. The zero-order chi connectivity index (χ0) is 21.2. The average molecular weight is 393 g/mol. The van der Waals surface area contributed by atoms with Gasteiger partial charge in [0.1, 0.15) is 0 Å². The fourth-order valence-corrected chi connectivity index (χ4v) is 3.37. The Morgan fingerprint density at radius 2 is 1.31 bits per heavy atom. The van der Waals surface area contributed by atoms with E-state index in [9.17, 15) is 9.59 Å². The van der Waals surface area contributed by atoms with Gasteiger partial charge in [0.05, 0.1) is 0 Å². The molecule has 0 heterocycles. The maximum atomic E-state index is 9.55. The molecule has 0 saturated heterocycles. The Hall–Kier alpha value is -3.18. The van der Waals surface area contributed by atoms with Crippen molar-refractivity contribution in [3.8, 4) is 0 Å². The van der Waals surface area contributed by atoms with Gasteiger partial charge in [0.2, 0.25) is 0 Å². The van der Waals surface area contributed by atoms with Crippen LogP contribution in [0.2, 0.25) is 0 Å². The highest BCUT2D eigenvalue weighted by Crippen LogP contribution is 2.37. The van der Waals surface area contributed by atoms with Gasteiger partial charge in [-0.2, -0.15) is 0 Å². The molecule has 0 fully saturated rings. The van der Waals surface area contributed by atoms with Crippen molar-refractivity contribution in [2.75, 3.05) is 20.6 Å². The molecular weight excluding hydrogens is 366 g/mol. The van der Waals surface area contributed by atoms with Crippen molar-refractivity contribution in [1.29, 1.82) is 0 Å². The maximum absolute atomic E-state index is 9.55. The highest BCUT2D eigenvalue weighted by molar-refractivity contribution is 5.89. The van der Waals surface area contributed by atoms with Crippen LogP contribution in [-0.2, 0) is 9.59 Å². The largest absolute Gasteiger partial charge is 0.478 e. The first-order valence-electron chi connectivity index (χ1n) is 9.53. The van der Waals surface area contributed by atoms with Gasteiger partial charge in [-0.1, -0.05) is 60.7 Å². The van der Waals surface area contributed by atoms with Crippen LogP contribution in [0.1, 0.15) is 41.0 Å². The lowest BCUT2D eigenvalue weighted by atomic mass is 9.84. The van der Waals surface area contributed by atoms with E-state index in [1.165, 1.54) is 35.1 Å². The number of carbonyl (C=O) groups is 2. The van der Waals surface area contributed by atoms with Gasteiger partial charge in [0, 0.05) is 18.1 Å². The van der Waals surface area contributed by atoms with Crippen LogP contribution in [0, 0.1) is 0 Å². The molecule has 29 heavy (non-hydrogen) atoms. The minimum absolute atomic E-state index is 0.507. The number of aliphatic carboxylic acids is 2. The van der Waals surface area contributed by atoms with Gasteiger partial charge >= 0.3 is 11.9 Å². The van der Waals surface area contributed by atoms with Gasteiger partial charge < -0.3 is 15.1 Å². The quantitative estimate of drug-likeness (QED) is 0.713. The lowest BCUT2D eigenvalue weighted by Gasteiger charge is -2.21. The first-order chi connectivity index (χ1) is 13.9. The zero-order valence-corrected chi connectivity index (χ0v) is 16.8. The third kappa shape index (κ3) is 7.05. The third-order valence-electron chi connectivity index (χ3n) is 4.65. The first kappa shape index (κ1) is 22.1. The van der Waals surface area contributed by atoms with E-state index >= 15 is 0 Å². The van der Waals surface area contributed by atoms with Crippen LogP contribution < -0.4 is 0 Å². The summed E-state index contributed by atoms with van der Waals surface area (Å²) in [6, 6.07) is 17.7. The number of hydrogen-bond donors (Lipinski definition) is 2. The Bertz CT molecular complexity index is 834. The van der Waals surface area contributed by atoms with E-state index in [2.05, 4.69) is 79.7 Å². The van der Waals surface area contributed by atoms with E-state index < -0.39 is 11.9 Å². The van der Waals surface area contributed by atoms with Crippen LogP contribution in [0.5, 0.6) is 0 Å². The Morgan fingerprint density at radius 3 is 1.72 bits per heavy atom. The van der Waals surface area contributed by atoms with Crippen LogP contribution in [0.3, 0.4) is 0 Å². The lowest BCUT2D eigenvalue weighted by Crippen LogP contribution is -2.14. The van der Waals surface area contributed by atoms with Crippen molar-refractivity contribution in [3.63, 3.8) is 0 Å². The summed E-state index contributed by atoms with van der Waals surface area (Å²) in [5, 5.41) is 15.6. The van der Waals surface area contributed by atoms with E-state index in [0.29, 0.717) is 18.1 Å². The maximum Gasteiger partial charge on any atom is 0.328 e. The summed E-state index contributed by atoms with van der Waals surface area (Å²) in [4.78, 5) is 21.4. The molecule has 2 aromatic carbocycles. The smallest absolute Gasteiger partial charge is 0.328 e. The molecule has 0 aromatic heterocycles. The molecule has 0 spiro atoms. The Balaban J connectivity index is 0.000000321. The predicted octanol–water partition coefficient (Wildman–Crippen LogP) is 4.36. The van der Waals surface area contributed by atoms with Gasteiger partial charge in [0.25, 0.3) is 0 Å². The van der Waals surface area contributed by atoms with Gasteiger partial charge in [-0.25, -0.2) is 9.59 Å². The second-order valence-electron chi connectivity index (χ2n) is 7.10. The topological polar surface area (TPSA) is 77.8 Å². The number of benzene rings is 2. The fourth-order valence-electron chi connectivity index (χ4n) is 3.37. The van der Waals surface area contributed by atoms with Gasteiger partial charge in [0.15, 0.2) is 0 Å². The molecule has 0 unspecified atom stereocenters. The van der Waals surface area contributed by atoms with E-state index in [4.69, 9.17) is 10.2 Å². The van der Waals surface area contributed by atoms with Crippen molar-refractivity contribution in [1.82, 2.24) is 4.90 Å². The summed E-state index contributed by atoms with van der Waals surface area (Å²) in [7, 11) is 4.30. The van der Waals surface area contributed by atoms with Crippen LogP contribution in [-0.4, -0.2) is 47.7 Å². The highest BCUT2D eigenvalue weighted by Gasteiger charge is 2.20. The molecule has 0 aliphatic heterocycles. The van der Waals surface area contributed by atoms with E-state index in [1.807, 2.05) is 0 Å². The normalized spacial score (nSPS) is 12.7. The summed E-state index contributed by atoms with van der Waals surface area (Å²) >= 11 is 0. The summed E-state index contributed by atoms with van der Waals surface area (Å²) in [6.07, 6.45) is 8.07. The van der Waals surface area contributed by atoms with Crippen LogP contribution in [0.4, 0.5) is 0 Å². The molecule has 3 rings (SSSR count). The number of hydrogen-bond acceptors (Lipinski definition) is 3. The average Bonchev–Trinajstić information content (AvgIpc) is 2.84. The molecule has 0 amide bonds. The van der Waals surface area contributed by atoms with E-state index in [1.54, 1.807) is 0 Å². The molecule has 2 aromatic rings. The standard InChI is InChI=1S/C20H23N.C4H4O4/c1-21(2)15-7-12-20-18-10-5-3-8-16(18)13-14-17-9-4-6-11-19(17)20;5-3(6)1-2-4(7)8/h3-6,8-11,13-14,20H,7,12,15H2,1-2H3;1-2H,(H,5,6)(H,7,8)/b;2-1-. The van der Waals surface area contributed by atoms with Gasteiger partial charge in [-0.05, 0) is 55.7 Å². The molecule has 0 atom stereocenters. The Labute approximate surface area is 171 Å². The van der Waals surface area contributed by atoms with E-state index in [0.717, 1.165) is 6.54 Å². The number of rotatable bonds is 6. The molecule has 5 heteroatoms. The molecule has 0 saturated carbocycles. The SMILES string of the molecule is CN(C)CCCC1c2ccccc2C=Cc2ccccc21.O=C(O)/C=C\C(=O)O. The molecule has 5 nitrogen and oxygen atoms in total. The van der Waals surface area contributed by atoms with Crippen molar-refractivity contribution in [2.24, 2.45) is 0 Å². The lowest BCUT2D eigenvalue weighted by molar-refractivity contribution is -0.134. The van der Waals surface area contributed by atoms with Crippen molar-refractivity contribution in [2.45, 2.75) is 18.8 Å². The third-order valence-corrected chi connectivity index (χ3v) is 4.65. The number of fused-ring (bicyclic) bond motifs is 2.